The summed E-state index contributed by atoms with van der Waals surface area (Å²) in [6, 6.07) is 6.24. The molecule has 2 nitrogen and oxygen atoms in total. The first-order valence-electron chi connectivity index (χ1n) is 6.48. The maximum Gasteiger partial charge on any atom is 0.0471 e. The van der Waals surface area contributed by atoms with Crippen LogP contribution >= 0.6 is 11.6 Å². The highest BCUT2D eigenvalue weighted by molar-refractivity contribution is 6.31. The Morgan fingerprint density at radius 1 is 1.35 bits per heavy atom. The first-order valence-corrected chi connectivity index (χ1v) is 6.85. The van der Waals surface area contributed by atoms with E-state index in [4.69, 9.17) is 17.3 Å². The number of nitrogens with two attached hydrogens (primary N) is 1. The van der Waals surface area contributed by atoms with Gasteiger partial charge in [-0.25, -0.2) is 0 Å². The van der Waals surface area contributed by atoms with E-state index in [-0.39, 0.29) is 0 Å². The Hall–Kier alpha value is -0.730. The third kappa shape index (κ3) is 2.93. The van der Waals surface area contributed by atoms with Crippen molar-refractivity contribution in [1.82, 2.24) is 0 Å². The lowest BCUT2D eigenvalue weighted by Crippen LogP contribution is -2.33. The molecule has 2 rings (SSSR count). The molecule has 0 aliphatic carbocycles. The topological polar surface area (TPSA) is 29.3 Å². The second-order valence-corrected chi connectivity index (χ2v) is 5.23. The van der Waals surface area contributed by atoms with Gasteiger partial charge < -0.3 is 10.6 Å². The van der Waals surface area contributed by atoms with E-state index >= 15 is 0 Å². The quantitative estimate of drug-likeness (QED) is 0.893. The molecule has 1 fully saturated rings. The molecule has 3 heteroatoms. The summed E-state index contributed by atoms with van der Waals surface area (Å²) in [4.78, 5) is 2.43. The number of piperidine rings is 1. The van der Waals surface area contributed by atoms with Crippen LogP contribution in [0.1, 0.15) is 31.7 Å². The zero-order valence-electron chi connectivity index (χ0n) is 10.5. The molecular weight excluding hydrogens is 232 g/mol. The van der Waals surface area contributed by atoms with E-state index in [9.17, 15) is 0 Å². The Bertz CT molecular complexity index is 370. The van der Waals surface area contributed by atoms with Gasteiger partial charge in [0.1, 0.15) is 0 Å². The van der Waals surface area contributed by atoms with Crippen molar-refractivity contribution < 1.29 is 0 Å². The maximum atomic E-state index is 6.20. The Balaban J connectivity index is 2.06. The first kappa shape index (κ1) is 12.7. The molecule has 17 heavy (non-hydrogen) atoms. The minimum absolute atomic E-state index is 0.511. The van der Waals surface area contributed by atoms with Crippen molar-refractivity contribution >= 4 is 17.3 Å². The van der Waals surface area contributed by atoms with E-state index in [1.54, 1.807) is 0 Å². The molecule has 1 aliphatic heterocycles. The van der Waals surface area contributed by atoms with Gasteiger partial charge in [0.15, 0.2) is 0 Å². The molecule has 0 aromatic heterocycles. The molecule has 0 amide bonds. The van der Waals surface area contributed by atoms with Gasteiger partial charge in [-0.1, -0.05) is 31.0 Å². The Labute approximate surface area is 109 Å². The molecule has 0 saturated carbocycles. The fraction of sp³-hybridized carbons (Fsp3) is 0.571. The Morgan fingerprint density at radius 3 is 2.59 bits per heavy atom. The monoisotopic (exact) mass is 252 g/mol. The van der Waals surface area contributed by atoms with Crippen LogP contribution in [0.4, 0.5) is 5.69 Å². The molecule has 0 radical (unpaired) electrons. The third-order valence-electron chi connectivity index (χ3n) is 3.81. The van der Waals surface area contributed by atoms with Crippen LogP contribution in [0.3, 0.4) is 0 Å². The van der Waals surface area contributed by atoms with Gasteiger partial charge in [0.05, 0.1) is 0 Å². The van der Waals surface area contributed by atoms with Crippen molar-refractivity contribution in [2.45, 2.75) is 32.7 Å². The van der Waals surface area contributed by atoms with Gasteiger partial charge in [0.25, 0.3) is 0 Å². The summed E-state index contributed by atoms with van der Waals surface area (Å²) in [5.41, 5.74) is 7.88. The number of rotatable bonds is 3. The normalized spacial score (nSPS) is 17.5. The molecule has 0 unspecified atom stereocenters. The predicted octanol–water partition coefficient (Wildman–Crippen LogP) is 3.43. The van der Waals surface area contributed by atoms with Gasteiger partial charge >= 0.3 is 0 Å². The van der Waals surface area contributed by atoms with E-state index in [1.807, 2.05) is 6.07 Å². The van der Waals surface area contributed by atoms with Crippen molar-refractivity contribution in [3.8, 4) is 0 Å². The van der Waals surface area contributed by atoms with Crippen molar-refractivity contribution in [3.05, 3.63) is 28.8 Å². The highest BCUT2D eigenvalue weighted by atomic mass is 35.5. The van der Waals surface area contributed by atoms with Crippen LogP contribution in [0, 0.1) is 5.92 Å². The number of hydrogen-bond donors (Lipinski definition) is 1. The van der Waals surface area contributed by atoms with Crippen LogP contribution in [0.15, 0.2) is 18.2 Å². The fourth-order valence-electron chi connectivity index (χ4n) is 2.50. The van der Waals surface area contributed by atoms with Gasteiger partial charge in [0, 0.05) is 30.3 Å². The molecule has 2 N–H and O–H groups in total. The van der Waals surface area contributed by atoms with E-state index in [1.165, 1.54) is 24.9 Å². The molecule has 0 atom stereocenters. The summed E-state index contributed by atoms with van der Waals surface area (Å²) in [7, 11) is 0. The average molecular weight is 253 g/mol. The summed E-state index contributed by atoms with van der Waals surface area (Å²) < 4.78 is 0. The van der Waals surface area contributed by atoms with E-state index < -0.39 is 0 Å². The maximum absolute atomic E-state index is 6.20. The number of nitrogens with zero attached hydrogens (tertiary/aromatic N) is 1. The second kappa shape index (κ2) is 5.74. The van der Waals surface area contributed by atoms with Crippen LogP contribution in [0.2, 0.25) is 5.02 Å². The molecule has 1 aromatic carbocycles. The summed E-state index contributed by atoms with van der Waals surface area (Å²) in [6.07, 6.45) is 3.90. The van der Waals surface area contributed by atoms with Crippen molar-refractivity contribution in [1.29, 1.82) is 0 Å². The van der Waals surface area contributed by atoms with Crippen LogP contribution in [-0.4, -0.2) is 13.1 Å². The summed E-state index contributed by atoms with van der Waals surface area (Å²) >= 11 is 6.20. The highest BCUT2D eigenvalue weighted by Gasteiger charge is 2.18. The van der Waals surface area contributed by atoms with Gasteiger partial charge in [-0.2, -0.15) is 0 Å². The zero-order chi connectivity index (χ0) is 12.3. The largest absolute Gasteiger partial charge is 0.371 e. The molecular formula is C14H21ClN2. The zero-order valence-corrected chi connectivity index (χ0v) is 11.2. The highest BCUT2D eigenvalue weighted by Crippen LogP contribution is 2.28. The summed E-state index contributed by atoms with van der Waals surface area (Å²) in [6.45, 7) is 5.10. The molecule has 0 bridgehead atoms. The molecule has 1 saturated heterocycles. The summed E-state index contributed by atoms with van der Waals surface area (Å²) in [5, 5.41) is 0.794. The Kier molecular flexibility index (Phi) is 4.30. The lowest BCUT2D eigenvalue weighted by Gasteiger charge is -2.33. The second-order valence-electron chi connectivity index (χ2n) is 4.82. The van der Waals surface area contributed by atoms with Crippen LogP contribution in [0.25, 0.3) is 0 Å². The predicted molar refractivity (Wildman–Crippen MR) is 74.6 cm³/mol. The van der Waals surface area contributed by atoms with E-state index in [0.717, 1.165) is 29.6 Å². The minimum atomic E-state index is 0.511. The van der Waals surface area contributed by atoms with Crippen molar-refractivity contribution in [2.75, 3.05) is 18.0 Å². The molecule has 0 spiro atoms. The van der Waals surface area contributed by atoms with Crippen molar-refractivity contribution in [2.24, 2.45) is 11.7 Å². The number of hydrogen-bond acceptors (Lipinski definition) is 2. The van der Waals surface area contributed by atoms with E-state index in [0.29, 0.717) is 6.54 Å². The number of halogens is 1. The average Bonchev–Trinajstić information content (AvgIpc) is 2.39. The van der Waals surface area contributed by atoms with Gasteiger partial charge in [0.2, 0.25) is 0 Å². The SMILES string of the molecule is CCC1CCN(c2ccc(CN)c(Cl)c2)CC1. The summed E-state index contributed by atoms with van der Waals surface area (Å²) in [5.74, 6) is 0.907. The molecule has 1 aliphatic rings. The van der Waals surface area contributed by atoms with Crippen LogP contribution < -0.4 is 10.6 Å². The van der Waals surface area contributed by atoms with Gasteiger partial charge in [-0.3, -0.25) is 0 Å². The third-order valence-corrected chi connectivity index (χ3v) is 4.17. The molecule has 1 heterocycles. The van der Waals surface area contributed by atoms with Crippen LogP contribution in [0.5, 0.6) is 0 Å². The standard InChI is InChI=1S/C14H21ClN2/c1-2-11-5-7-17(8-6-11)13-4-3-12(10-16)14(15)9-13/h3-4,9,11H,2,5-8,10,16H2,1H3. The molecule has 1 aromatic rings. The molecule has 94 valence electrons. The Morgan fingerprint density at radius 2 is 2.06 bits per heavy atom. The smallest absolute Gasteiger partial charge is 0.0471 e. The van der Waals surface area contributed by atoms with Gasteiger partial charge in [-0.05, 0) is 36.5 Å². The number of anilines is 1. The minimum Gasteiger partial charge on any atom is -0.371 e. The lowest BCUT2D eigenvalue weighted by molar-refractivity contribution is 0.395. The number of benzene rings is 1. The van der Waals surface area contributed by atoms with Gasteiger partial charge in [-0.15, -0.1) is 0 Å². The first-order chi connectivity index (χ1) is 8.24. The lowest BCUT2D eigenvalue weighted by atomic mass is 9.94. The van der Waals surface area contributed by atoms with E-state index in [2.05, 4.69) is 24.0 Å². The fourth-order valence-corrected chi connectivity index (χ4v) is 2.75. The van der Waals surface area contributed by atoms with Crippen LogP contribution in [-0.2, 0) is 6.54 Å². The van der Waals surface area contributed by atoms with Crippen molar-refractivity contribution in [3.63, 3.8) is 0 Å².